The van der Waals surface area contributed by atoms with Gasteiger partial charge in [-0.2, -0.15) is 0 Å². The minimum Gasteiger partial charge on any atom is -0.309 e. The molecule has 7 aromatic rings. The molecular formula is C48H39N. The SMILES string of the molecule is C=C/C=C\CC1=Cc2cc(-c3ccc4c5ccc(/C=C(\C=C/C)c6cccc7ccccc67)cc5n(-c5ccccc5)c4c3)ccc2CC1. The summed E-state index contributed by atoms with van der Waals surface area (Å²) in [6.07, 6.45) is 18.4. The van der Waals surface area contributed by atoms with Crippen LogP contribution in [0.3, 0.4) is 0 Å². The van der Waals surface area contributed by atoms with Crippen molar-refractivity contribution in [3.05, 3.63) is 192 Å². The lowest BCUT2D eigenvalue weighted by atomic mass is 9.88. The maximum atomic E-state index is 3.81. The predicted molar refractivity (Wildman–Crippen MR) is 213 cm³/mol. The highest BCUT2D eigenvalue weighted by Gasteiger charge is 2.16. The van der Waals surface area contributed by atoms with Crippen LogP contribution in [0.25, 0.3) is 67.1 Å². The van der Waals surface area contributed by atoms with E-state index in [1.807, 2.05) is 12.2 Å². The van der Waals surface area contributed by atoms with Gasteiger partial charge < -0.3 is 4.57 Å². The zero-order valence-corrected chi connectivity index (χ0v) is 27.9. The highest BCUT2D eigenvalue weighted by atomic mass is 15.0. The Morgan fingerprint density at radius 2 is 1.47 bits per heavy atom. The van der Waals surface area contributed by atoms with Crippen LogP contribution in [0, 0.1) is 0 Å². The number of nitrogens with zero attached hydrogens (tertiary/aromatic N) is 1. The summed E-state index contributed by atoms with van der Waals surface area (Å²) in [6.45, 7) is 5.90. The van der Waals surface area contributed by atoms with Crippen LogP contribution in [0.5, 0.6) is 0 Å². The number of hydrogen-bond acceptors (Lipinski definition) is 0. The van der Waals surface area contributed by atoms with E-state index in [0.29, 0.717) is 0 Å². The molecule has 1 aliphatic rings. The summed E-state index contributed by atoms with van der Waals surface area (Å²) in [5.74, 6) is 0. The van der Waals surface area contributed by atoms with Gasteiger partial charge in [-0.05, 0) is 112 Å². The molecule has 0 unspecified atom stereocenters. The van der Waals surface area contributed by atoms with Gasteiger partial charge in [-0.25, -0.2) is 0 Å². The van der Waals surface area contributed by atoms with Gasteiger partial charge >= 0.3 is 0 Å². The van der Waals surface area contributed by atoms with Crippen molar-refractivity contribution < 1.29 is 0 Å². The first-order chi connectivity index (χ1) is 24.2. The Morgan fingerprint density at radius 1 is 0.714 bits per heavy atom. The third kappa shape index (κ3) is 5.90. The Hall–Kier alpha value is -5.92. The normalized spacial score (nSPS) is 13.5. The molecule has 0 N–H and O–H groups in total. The van der Waals surface area contributed by atoms with E-state index >= 15 is 0 Å². The van der Waals surface area contributed by atoms with Gasteiger partial charge in [-0.1, -0.05) is 146 Å². The zero-order chi connectivity index (χ0) is 33.2. The molecule has 1 aromatic heterocycles. The largest absolute Gasteiger partial charge is 0.309 e. The van der Waals surface area contributed by atoms with Crippen molar-refractivity contribution in [2.24, 2.45) is 0 Å². The van der Waals surface area contributed by atoms with Crippen molar-refractivity contribution in [3.63, 3.8) is 0 Å². The number of aryl methyl sites for hydroxylation is 1. The predicted octanol–water partition coefficient (Wildman–Crippen LogP) is 13.2. The van der Waals surface area contributed by atoms with Gasteiger partial charge in [0.2, 0.25) is 0 Å². The fourth-order valence-electron chi connectivity index (χ4n) is 7.41. The van der Waals surface area contributed by atoms with Gasteiger partial charge in [0.1, 0.15) is 0 Å². The number of rotatable bonds is 8. The molecule has 0 bridgehead atoms. The Morgan fingerprint density at radius 3 is 2.33 bits per heavy atom. The van der Waals surface area contributed by atoms with E-state index in [1.54, 1.807) is 0 Å². The van der Waals surface area contributed by atoms with E-state index in [9.17, 15) is 0 Å². The second kappa shape index (κ2) is 13.3. The summed E-state index contributed by atoms with van der Waals surface area (Å²) in [5.41, 5.74) is 13.9. The van der Waals surface area contributed by atoms with Crippen LogP contribution in [0.2, 0.25) is 0 Å². The summed E-state index contributed by atoms with van der Waals surface area (Å²) in [4.78, 5) is 0. The molecule has 1 heterocycles. The quantitative estimate of drug-likeness (QED) is 0.116. The standard InChI is InChI=1S/C48H39N/c1-3-5-7-14-34-21-23-36-24-25-38(32-41(36)29-34)39-26-28-46-45-27-22-35(31-47(45)49(48(46)33-39)42-17-8-6-9-18-42)30-40(13-4-2)44-20-12-16-37-15-10-11-19-43(37)44/h3-13,15-20,22,24-33H,1,14,21,23H2,2H3/b7-5-,13-4-,40-30+. The van der Waals surface area contributed by atoms with Gasteiger partial charge in [0.15, 0.2) is 0 Å². The first kappa shape index (κ1) is 30.4. The van der Waals surface area contributed by atoms with Crippen molar-refractivity contribution >= 4 is 50.3 Å². The molecular weight excluding hydrogens is 591 g/mol. The van der Waals surface area contributed by atoms with Gasteiger partial charge in [-0.15, -0.1) is 0 Å². The van der Waals surface area contributed by atoms with Crippen LogP contribution in [0.1, 0.15) is 42.0 Å². The Labute approximate surface area is 289 Å². The number of allylic oxidation sites excluding steroid dienone is 7. The van der Waals surface area contributed by atoms with E-state index < -0.39 is 0 Å². The molecule has 0 saturated carbocycles. The average Bonchev–Trinajstić information content (AvgIpc) is 3.47. The molecule has 8 rings (SSSR count). The maximum Gasteiger partial charge on any atom is 0.0547 e. The molecule has 0 amide bonds. The molecule has 0 spiro atoms. The van der Waals surface area contributed by atoms with Crippen molar-refractivity contribution in [2.75, 3.05) is 0 Å². The maximum absolute atomic E-state index is 3.81. The summed E-state index contributed by atoms with van der Waals surface area (Å²) < 4.78 is 2.43. The van der Waals surface area contributed by atoms with Crippen LogP contribution in [-0.2, 0) is 6.42 Å². The molecule has 0 fully saturated rings. The Kier molecular flexibility index (Phi) is 8.25. The number of aromatic nitrogens is 1. The lowest BCUT2D eigenvalue weighted by molar-refractivity contribution is 0.899. The Balaban J connectivity index is 1.27. The minimum atomic E-state index is 0.980. The fraction of sp³-hybridized carbons (Fsp3) is 0.0833. The zero-order valence-electron chi connectivity index (χ0n) is 27.9. The molecule has 0 radical (unpaired) electrons. The molecule has 0 atom stereocenters. The second-order valence-electron chi connectivity index (χ2n) is 12.9. The fourth-order valence-corrected chi connectivity index (χ4v) is 7.41. The molecule has 6 aromatic carbocycles. The number of hydrogen-bond donors (Lipinski definition) is 0. The monoisotopic (exact) mass is 629 g/mol. The van der Waals surface area contributed by atoms with E-state index in [0.717, 1.165) is 24.9 Å². The number of para-hydroxylation sites is 1. The van der Waals surface area contributed by atoms with Crippen molar-refractivity contribution in [1.29, 1.82) is 0 Å². The highest BCUT2D eigenvalue weighted by Crippen LogP contribution is 2.37. The van der Waals surface area contributed by atoms with E-state index in [-0.39, 0.29) is 0 Å². The van der Waals surface area contributed by atoms with Crippen LogP contribution in [-0.4, -0.2) is 4.57 Å². The van der Waals surface area contributed by atoms with Crippen LogP contribution >= 0.6 is 0 Å². The summed E-state index contributed by atoms with van der Waals surface area (Å²) in [7, 11) is 0. The third-order valence-electron chi connectivity index (χ3n) is 9.78. The van der Waals surface area contributed by atoms with E-state index in [4.69, 9.17) is 0 Å². The molecule has 0 saturated heterocycles. The molecule has 1 aliphatic carbocycles. The minimum absolute atomic E-state index is 0.980. The average molecular weight is 630 g/mol. The topological polar surface area (TPSA) is 4.93 Å². The van der Waals surface area contributed by atoms with Crippen LogP contribution < -0.4 is 0 Å². The van der Waals surface area contributed by atoms with E-state index in [1.165, 1.54) is 77.1 Å². The summed E-state index contributed by atoms with van der Waals surface area (Å²) in [5, 5.41) is 5.03. The van der Waals surface area contributed by atoms with Gasteiger partial charge in [0, 0.05) is 16.5 Å². The molecule has 1 heteroatoms. The van der Waals surface area contributed by atoms with Crippen LogP contribution in [0.15, 0.2) is 170 Å². The first-order valence-electron chi connectivity index (χ1n) is 17.3. The lowest BCUT2D eigenvalue weighted by Crippen LogP contribution is -1.99. The highest BCUT2D eigenvalue weighted by molar-refractivity contribution is 6.11. The van der Waals surface area contributed by atoms with Crippen LogP contribution in [0.4, 0.5) is 0 Å². The molecule has 0 aliphatic heterocycles. The summed E-state index contributed by atoms with van der Waals surface area (Å²) >= 11 is 0. The molecule has 49 heavy (non-hydrogen) atoms. The van der Waals surface area contributed by atoms with E-state index in [2.05, 4.69) is 176 Å². The van der Waals surface area contributed by atoms with Gasteiger partial charge in [0.05, 0.1) is 11.0 Å². The first-order valence-corrected chi connectivity index (χ1v) is 17.3. The van der Waals surface area contributed by atoms with Crippen molar-refractivity contribution in [1.82, 2.24) is 4.57 Å². The van der Waals surface area contributed by atoms with Gasteiger partial charge in [-0.3, -0.25) is 0 Å². The molecule has 1 nitrogen and oxygen atoms in total. The van der Waals surface area contributed by atoms with Crippen molar-refractivity contribution in [2.45, 2.75) is 26.2 Å². The number of fused-ring (bicyclic) bond motifs is 5. The lowest BCUT2D eigenvalue weighted by Gasteiger charge is -2.17. The number of benzene rings is 6. The van der Waals surface area contributed by atoms with Crippen molar-refractivity contribution in [3.8, 4) is 16.8 Å². The second-order valence-corrected chi connectivity index (χ2v) is 12.9. The summed E-state index contributed by atoms with van der Waals surface area (Å²) in [6, 6.07) is 46.9. The third-order valence-corrected chi connectivity index (χ3v) is 9.78. The molecule has 236 valence electrons. The van der Waals surface area contributed by atoms with Gasteiger partial charge in [0.25, 0.3) is 0 Å². The Bertz CT molecular complexity index is 2470. The smallest absolute Gasteiger partial charge is 0.0547 e.